The summed E-state index contributed by atoms with van der Waals surface area (Å²) in [5.41, 5.74) is 4.59. The minimum Gasteiger partial charge on any atom is -0.497 e. The number of benzene rings is 6. The fourth-order valence-corrected chi connectivity index (χ4v) is 8.13. The molecule has 0 unspecified atom stereocenters. The highest BCUT2D eigenvalue weighted by molar-refractivity contribution is 5.31. The highest BCUT2D eigenvalue weighted by Crippen LogP contribution is 2.37. The molecule has 66 heavy (non-hydrogen) atoms. The molecule has 2 saturated heterocycles. The van der Waals surface area contributed by atoms with Crippen molar-refractivity contribution >= 4 is 0 Å². The quantitative estimate of drug-likeness (QED) is 0.0689. The highest BCUT2D eigenvalue weighted by atomic mass is 16.8. The number of hydrogen-bond acceptors (Lipinski definition) is 12. The molecule has 0 aromatic heterocycles. The lowest BCUT2D eigenvalue weighted by Gasteiger charge is -2.50. The SMILES string of the molecule is COc1ccc(O[C@@H]2O[C@@H](CO)[C@H](OCc3ccccc3)[C@@H](O[C@@H]3O[C@@H](CO)[C@H](OCc4ccccc4)[C@@H](OCc4ccccc4)[C@H]3OCc3ccccc3)[C@H]2OCc2ccccc2)cc1. The molecule has 10 atom stereocenters. The Bertz CT molecular complexity index is 2260. The molecular weight excluding hydrogens is 841 g/mol. The van der Waals surface area contributed by atoms with Crippen molar-refractivity contribution in [3.05, 3.63) is 204 Å². The van der Waals surface area contributed by atoms with Gasteiger partial charge in [0.25, 0.3) is 0 Å². The third-order valence-electron chi connectivity index (χ3n) is 11.6. The highest BCUT2D eigenvalue weighted by Gasteiger charge is 2.55. The van der Waals surface area contributed by atoms with Gasteiger partial charge in [-0.25, -0.2) is 0 Å². The van der Waals surface area contributed by atoms with Crippen molar-refractivity contribution in [1.82, 2.24) is 0 Å². The van der Waals surface area contributed by atoms with Crippen LogP contribution < -0.4 is 9.47 Å². The maximum absolute atomic E-state index is 11.1. The van der Waals surface area contributed by atoms with E-state index in [2.05, 4.69) is 0 Å². The Kier molecular flexibility index (Phi) is 17.3. The van der Waals surface area contributed by atoms with Gasteiger partial charge in [0.05, 0.1) is 53.4 Å². The van der Waals surface area contributed by atoms with Crippen LogP contribution in [0.1, 0.15) is 27.8 Å². The van der Waals surface area contributed by atoms with Crippen LogP contribution in [-0.4, -0.2) is 91.9 Å². The molecule has 2 N–H and O–H groups in total. The van der Waals surface area contributed by atoms with Gasteiger partial charge in [-0.05, 0) is 52.1 Å². The Labute approximate surface area is 386 Å². The number of hydrogen-bond donors (Lipinski definition) is 2. The molecule has 0 aliphatic carbocycles. The van der Waals surface area contributed by atoms with Crippen molar-refractivity contribution in [2.45, 2.75) is 94.4 Å². The Morgan fingerprint density at radius 1 is 0.364 bits per heavy atom. The average Bonchev–Trinajstić information content (AvgIpc) is 3.38. The molecule has 2 aliphatic rings. The molecule has 8 rings (SSSR count). The third-order valence-corrected chi connectivity index (χ3v) is 11.6. The number of methoxy groups -OCH3 is 1. The number of aliphatic hydroxyl groups is 2. The van der Waals surface area contributed by atoms with Crippen LogP contribution in [0.25, 0.3) is 0 Å². The fraction of sp³-hybridized carbons (Fsp3) is 0.333. The van der Waals surface area contributed by atoms with Gasteiger partial charge in [0.1, 0.15) is 60.3 Å². The van der Waals surface area contributed by atoms with E-state index in [0.717, 1.165) is 27.8 Å². The molecule has 0 spiro atoms. The zero-order valence-corrected chi connectivity index (χ0v) is 36.9. The first-order valence-electron chi connectivity index (χ1n) is 22.3. The van der Waals surface area contributed by atoms with Crippen LogP contribution in [0.3, 0.4) is 0 Å². The second kappa shape index (κ2) is 24.3. The van der Waals surface area contributed by atoms with E-state index in [0.29, 0.717) is 11.5 Å². The summed E-state index contributed by atoms with van der Waals surface area (Å²) in [5, 5.41) is 22.2. The lowest BCUT2D eigenvalue weighted by Crippen LogP contribution is -2.67. The summed E-state index contributed by atoms with van der Waals surface area (Å²) >= 11 is 0. The fourth-order valence-electron chi connectivity index (χ4n) is 8.13. The van der Waals surface area contributed by atoms with E-state index in [-0.39, 0.29) is 33.0 Å². The predicted octanol–water partition coefficient (Wildman–Crippen LogP) is 7.82. The number of ether oxygens (including phenoxy) is 10. The zero-order valence-electron chi connectivity index (χ0n) is 36.9. The van der Waals surface area contributed by atoms with E-state index in [1.165, 1.54) is 0 Å². The van der Waals surface area contributed by atoms with E-state index in [1.807, 2.05) is 152 Å². The van der Waals surface area contributed by atoms with Crippen LogP contribution in [0.5, 0.6) is 11.5 Å². The number of rotatable bonds is 22. The summed E-state index contributed by atoms with van der Waals surface area (Å²) in [5.74, 6) is 1.12. The molecule has 12 heteroatoms. The first-order valence-corrected chi connectivity index (χ1v) is 22.3. The van der Waals surface area contributed by atoms with Gasteiger partial charge in [0.15, 0.2) is 6.29 Å². The molecule has 0 radical (unpaired) electrons. The summed E-state index contributed by atoms with van der Waals surface area (Å²) < 4.78 is 66.7. The van der Waals surface area contributed by atoms with Crippen molar-refractivity contribution in [2.24, 2.45) is 0 Å². The molecule has 0 saturated carbocycles. The van der Waals surface area contributed by atoms with Crippen molar-refractivity contribution in [2.75, 3.05) is 20.3 Å². The Hall–Kier alpha value is -5.48. The van der Waals surface area contributed by atoms with Crippen molar-refractivity contribution in [1.29, 1.82) is 0 Å². The van der Waals surface area contributed by atoms with Crippen molar-refractivity contribution in [3.63, 3.8) is 0 Å². The second-order valence-corrected chi connectivity index (χ2v) is 16.2. The van der Waals surface area contributed by atoms with Crippen molar-refractivity contribution in [3.8, 4) is 11.5 Å². The Morgan fingerprint density at radius 3 is 1.06 bits per heavy atom. The largest absolute Gasteiger partial charge is 0.497 e. The normalized spacial score (nSPS) is 25.3. The van der Waals surface area contributed by atoms with Gasteiger partial charge >= 0.3 is 0 Å². The van der Waals surface area contributed by atoms with Crippen LogP contribution in [0.15, 0.2) is 176 Å². The molecule has 6 aromatic rings. The van der Waals surface area contributed by atoms with Gasteiger partial charge in [-0.1, -0.05) is 152 Å². The minimum atomic E-state index is -1.21. The summed E-state index contributed by atoms with van der Waals surface area (Å²) in [7, 11) is 1.59. The van der Waals surface area contributed by atoms with Crippen LogP contribution in [-0.2, 0) is 70.9 Å². The summed E-state index contributed by atoms with van der Waals surface area (Å²) in [6.07, 6.45) is -9.75. The predicted molar refractivity (Wildman–Crippen MR) is 245 cm³/mol. The molecule has 0 amide bonds. The summed E-state index contributed by atoms with van der Waals surface area (Å²) in [6.45, 7) is 0.0627. The minimum absolute atomic E-state index is 0.156. The molecule has 2 heterocycles. The van der Waals surface area contributed by atoms with Crippen LogP contribution in [0.2, 0.25) is 0 Å². The molecule has 2 fully saturated rings. The average molecular weight is 899 g/mol. The van der Waals surface area contributed by atoms with Crippen LogP contribution in [0.4, 0.5) is 0 Å². The number of aliphatic hydroxyl groups excluding tert-OH is 2. The third kappa shape index (κ3) is 12.7. The van der Waals surface area contributed by atoms with Gasteiger partial charge in [-0.15, -0.1) is 0 Å². The van der Waals surface area contributed by atoms with E-state index in [1.54, 1.807) is 31.4 Å². The molecule has 346 valence electrons. The first kappa shape index (κ1) is 47.0. The maximum Gasteiger partial charge on any atom is 0.229 e. The summed E-state index contributed by atoms with van der Waals surface area (Å²) in [6, 6.07) is 56.0. The Morgan fingerprint density at radius 2 is 0.682 bits per heavy atom. The van der Waals surface area contributed by atoms with Gasteiger partial charge < -0.3 is 57.6 Å². The molecular formula is C54H58O12. The van der Waals surface area contributed by atoms with Crippen LogP contribution in [0, 0.1) is 0 Å². The van der Waals surface area contributed by atoms with Gasteiger partial charge in [0, 0.05) is 0 Å². The molecule has 6 aromatic carbocycles. The molecule has 0 bridgehead atoms. The van der Waals surface area contributed by atoms with Crippen molar-refractivity contribution < 1.29 is 57.6 Å². The van der Waals surface area contributed by atoms with E-state index >= 15 is 0 Å². The topological polar surface area (TPSA) is 133 Å². The van der Waals surface area contributed by atoms with Crippen LogP contribution >= 0.6 is 0 Å². The van der Waals surface area contributed by atoms with Gasteiger partial charge in [-0.3, -0.25) is 0 Å². The van der Waals surface area contributed by atoms with Gasteiger partial charge in [-0.2, -0.15) is 0 Å². The lowest BCUT2D eigenvalue weighted by atomic mass is 9.95. The monoisotopic (exact) mass is 898 g/mol. The summed E-state index contributed by atoms with van der Waals surface area (Å²) in [4.78, 5) is 0. The Balaban J connectivity index is 1.19. The van der Waals surface area contributed by atoms with E-state index in [9.17, 15) is 10.2 Å². The maximum atomic E-state index is 11.1. The zero-order chi connectivity index (χ0) is 45.3. The second-order valence-electron chi connectivity index (χ2n) is 16.2. The first-order chi connectivity index (χ1) is 32.6. The van der Waals surface area contributed by atoms with Gasteiger partial charge in [0.2, 0.25) is 6.29 Å². The standard InChI is InChI=1S/C54H58O12/c1-57-43-27-29-44(30-28-43)63-53-52(62-37-42-25-15-6-16-26-42)50(48(46(32-56)64-53)59-34-39-19-9-3-10-20-39)66-54-51(61-36-41-23-13-5-14-24-41)49(60-35-40-21-11-4-12-22-40)47(45(31-55)65-54)58-33-38-17-7-2-8-18-38/h2-30,45-56H,31-37H2,1H3/t45-,46-,47-,48-,49+,50+,51+,52+,53+,54-/m0/s1. The van der Waals surface area contributed by atoms with E-state index in [4.69, 9.17) is 47.4 Å². The smallest absolute Gasteiger partial charge is 0.229 e. The lowest BCUT2D eigenvalue weighted by molar-refractivity contribution is -0.372. The molecule has 12 nitrogen and oxygen atoms in total. The van der Waals surface area contributed by atoms with E-state index < -0.39 is 74.6 Å². The molecule has 2 aliphatic heterocycles.